The van der Waals surface area contributed by atoms with Crippen molar-refractivity contribution < 1.29 is 9.47 Å². The number of ether oxygens (including phenoxy) is 2. The van der Waals surface area contributed by atoms with Gasteiger partial charge in [0, 0.05) is 54.6 Å². The maximum Gasteiger partial charge on any atom is 0.162 e. The Balaban J connectivity index is 0.00000109. The highest BCUT2D eigenvalue weighted by Gasteiger charge is 2.21. The van der Waals surface area contributed by atoms with Crippen LogP contribution in [-0.4, -0.2) is 38.3 Å². The molecule has 0 aliphatic carbocycles. The van der Waals surface area contributed by atoms with Crippen LogP contribution in [0.3, 0.4) is 0 Å². The third-order valence-corrected chi connectivity index (χ3v) is 4.76. The SMILES string of the molecule is CC.COc1cc2nccc(N3CCC(NSN)CC3)c2cc1OC. The number of pyridine rings is 1. The molecule has 0 unspecified atom stereocenters. The zero-order valence-electron chi connectivity index (χ0n) is 15.4. The smallest absolute Gasteiger partial charge is 0.162 e. The molecular weight excluding hydrogens is 336 g/mol. The van der Waals surface area contributed by atoms with E-state index in [0.717, 1.165) is 42.6 Å². The molecule has 7 heteroatoms. The number of hydrogen-bond donors (Lipinski definition) is 2. The fraction of sp³-hybridized carbons (Fsp3) is 0.500. The summed E-state index contributed by atoms with van der Waals surface area (Å²) in [6.45, 7) is 5.98. The van der Waals surface area contributed by atoms with E-state index < -0.39 is 0 Å². The molecule has 0 amide bonds. The van der Waals surface area contributed by atoms with Crippen molar-refractivity contribution in [2.75, 3.05) is 32.2 Å². The van der Waals surface area contributed by atoms with Crippen molar-refractivity contribution in [1.29, 1.82) is 0 Å². The molecule has 6 nitrogen and oxygen atoms in total. The molecule has 2 heterocycles. The number of piperidine rings is 1. The molecule has 138 valence electrons. The van der Waals surface area contributed by atoms with Gasteiger partial charge in [0.1, 0.15) is 0 Å². The Morgan fingerprint density at radius 2 is 1.80 bits per heavy atom. The highest BCUT2D eigenvalue weighted by atomic mass is 32.2. The van der Waals surface area contributed by atoms with Crippen molar-refractivity contribution in [3.63, 3.8) is 0 Å². The number of fused-ring (bicyclic) bond motifs is 1. The standard InChI is InChI=1S/C16H22N4O2S.C2H6/c1-21-15-9-12-13(10-16(15)22-2)18-6-3-14(12)20-7-4-11(5-8-20)19-23-17;1-2/h3,6,9-11,19H,4-5,7-8,17H2,1-2H3;1-2H3. The largest absolute Gasteiger partial charge is 0.493 e. The van der Waals surface area contributed by atoms with Gasteiger partial charge in [-0.2, -0.15) is 0 Å². The Labute approximate surface area is 154 Å². The Morgan fingerprint density at radius 1 is 1.16 bits per heavy atom. The van der Waals surface area contributed by atoms with Crippen LogP contribution < -0.4 is 24.2 Å². The number of rotatable bonds is 5. The summed E-state index contributed by atoms with van der Waals surface area (Å²) in [5.41, 5.74) is 2.10. The number of methoxy groups -OCH3 is 2. The number of benzene rings is 1. The molecule has 3 N–H and O–H groups in total. The van der Waals surface area contributed by atoms with Gasteiger partial charge in [-0.15, -0.1) is 0 Å². The Kier molecular flexibility index (Phi) is 7.61. The Hall–Kier alpha value is -1.70. The first-order valence-electron chi connectivity index (χ1n) is 8.63. The average Bonchev–Trinajstić information content (AvgIpc) is 2.69. The van der Waals surface area contributed by atoms with Crippen molar-refractivity contribution in [3.05, 3.63) is 24.4 Å². The van der Waals surface area contributed by atoms with Gasteiger partial charge in [-0.25, -0.2) is 4.72 Å². The molecule has 3 rings (SSSR count). The highest BCUT2D eigenvalue weighted by Crippen LogP contribution is 2.36. The Bertz CT molecular complexity index is 675. The van der Waals surface area contributed by atoms with Gasteiger partial charge in [0.2, 0.25) is 0 Å². The summed E-state index contributed by atoms with van der Waals surface area (Å²) in [5.74, 6) is 1.43. The summed E-state index contributed by atoms with van der Waals surface area (Å²) in [7, 11) is 3.29. The van der Waals surface area contributed by atoms with E-state index in [1.807, 2.05) is 32.2 Å². The van der Waals surface area contributed by atoms with Crippen LogP contribution in [0.25, 0.3) is 10.9 Å². The van der Waals surface area contributed by atoms with Crippen molar-refractivity contribution >= 4 is 28.7 Å². The second kappa shape index (κ2) is 9.70. The first-order chi connectivity index (χ1) is 12.3. The van der Waals surface area contributed by atoms with Crippen LogP contribution in [0.2, 0.25) is 0 Å². The molecule has 2 aromatic rings. The van der Waals surface area contributed by atoms with E-state index in [9.17, 15) is 0 Å². The van der Waals surface area contributed by atoms with E-state index in [0.29, 0.717) is 11.8 Å². The van der Waals surface area contributed by atoms with Crippen molar-refractivity contribution in [2.45, 2.75) is 32.7 Å². The van der Waals surface area contributed by atoms with Gasteiger partial charge in [-0.05, 0) is 25.0 Å². The van der Waals surface area contributed by atoms with E-state index in [1.165, 1.54) is 17.8 Å². The van der Waals surface area contributed by atoms with E-state index in [2.05, 4.69) is 20.7 Å². The minimum Gasteiger partial charge on any atom is -0.493 e. The van der Waals surface area contributed by atoms with Gasteiger partial charge in [-0.3, -0.25) is 10.1 Å². The van der Waals surface area contributed by atoms with E-state index in [-0.39, 0.29) is 0 Å². The number of nitrogens with zero attached hydrogens (tertiary/aromatic N) is 2. The molecule has 1 aromatic heterocycles. The van der Waals surface area contributed by atoms with Crippen molar-refractivity contribution in [2.24, 2.45) is 5.14 Å². The summed E-state index contributed by atoms with van der Waals surface area (Å²) >= 11 is 1.21. The molecule has 0 saturated carbocycles. The van der Waals surface area contributed by atoms with Gasteiger partial charge in [-0.1, -0.05) is 13.8 Å². The molecule has 0 atom stereocenters. The number of anilines is 1. The first-order valence-corrected chi connectivity index (χ1v) is 9.51. The number of nitrogens with one attached hydrogen (secondary N) is 1. The lowest BCUT2D eigenvalue weighted by molar-refractivity contribution is 0.356. The molecular formula is C18H28N4O2S. The van der Waals surface area contributed by atoms with Crippen molar-refractivity contribution in [3.8, 4) is 11.5 Å². The third kappa shape index (κ3) is 4.48. The summed E-state index contributed by atoms with van der Waals surface area (Å²) in [6, 6.07) is 6.48. The highest BCUT2D eigenvalue weighted by molar-refractivity contribution is 7.95. The zero-order chi connectivity index (χ0) is 18.2. The molecule has 0 spiro atoms. The molecule has 1 aliphatic rings. The number of nitrogens with two attached hydrogens (primary N) is 1. The minimum absolute atomic E-state index is 0.476. The van der Waals surface area contributed by atoms with Crippen LogP contribution in [0, 0.1) is 0 Å². The normalized spacial score (nSPS) is 14.8. The maximum absolute atomic E-state index is 5.50. The lowest BCUT2D eigenvalue weighted by atomic mass is 10.0. The van der Waals surface area contributed by atoms with E-state index >= 15 is 0 Å². The fourth-order valence-electron chi connectivity index (χ4n) is 3.07. The average molecular weight is 365 g/mol. The summed E-state index contributed by atoms with van der Waals surface area (Å²) < 4.78 is 14.1. The van der Waals surface area contributed by atoms with E-state index in [4.69, 9.17) is 14.6 Å². The third-order valence-electron chi connectivity index (χ3n) is 4.29. The Morgan fingerprint density at radius 3 is 2.40 bits per heavy atom. The van der Waals surface area contributed by atoms with Crippen LogP contribution >= 0.6 is 12.1 Å². The van der Waals surface area contributed by atoms with Crippen LogP contribution in [0.5, 0.6) is 11.5 Å². The summed E-state index contributed by atoms with van der Waals surface area (Å²) in [5, 5.41) is 6.58. The molecule has 25 heavy (non-hydrogen) atoms. The molecule has 1 fully saturated rings. The van der Waals surface area contributed by atoms with Gasteiger partial charge in [0.15, 0.2) is 11.5 Å². The van der Waals surface area contributed by atoms with Crippen LogP contribution in [-0.2, 0) is 0 Å². The van der Waals surface area contributed by atoms with Crippen molar-refractivity contribution in [1.82, 2.24) is 9.71 Å². The second-order valence-electron chi connectivity index (χ2n) is 5.55. The predicted molar refractivity (Wildman–Crippen MR) is 106 cm³/mol. The van der Waals surface area contributed by atoms with Gasteiger partial charge in [0.25, 0.3) is 0 Å². The van der Waals surface area contributed by atoms with E-state index in [1.54, 1.807) is 14.2 Å². The second-order valence-corrected chi connectivity index (χ2v) is 6.02. The first kappa shape index (κ1) is 19.6. The molecule has 0 bridgehead atoms. The molecule has 1 aromatic carbocycles. The quantitative estimate of drug-likeness (QED) is 0.788. The lowest BCUT2D eigenvalue weighted by Gasteiger charge is -2.34. The van der Waals surface area contributed by atoms with Crippen LogP contribution in [0.1, 0.15) is 26.7 Å². The number of aromatic nitrogens is 1. The summed E-state index contributed by atoms with van der Waals surface area (Å²) in [4.78, 5) is 6.87. The maximum atomic E-state index is 5.50. The summed E-state index contributed by atoms with van der Waals surface area (Å²) in [6.07, 6.45) is 3.99. The van der Waals surface area contributed by atoms with Gasteiger partial charge in [0.05, 0.1) is 19.7 Å². The predicted octanol–water partition coefficient (Wildman–Crippen LogP) is 3.36. The van der Waals surface area contributed by atoms with Crippen LogP contribution in [0.4, 0.5) is 5.69 Å². The topological polar surface area (TPSA) is 72.6 Å². The molecule has 0 radical (unpaired) electrons. The number of hydrogen-bond acceptors (Lipinski definition) is 7. The van der Waals surface area contributed by atoms with Gasteiger partial charge >= 0.3 is 0 Å². The molecule has 1 aliphatic heterocycles. The zero-order valence-corrected chi connectivity index (χ0v) is 16.2. The lowest BCUT2D eigenvalue weighted by Crippen LogP contribution is -2.41. The molecule has 1 saturated heterocycles. The fourth-order valence-corrected chi connectivity index (χ4v) is 3.50. The van der Waals surface area contributed by atoms with Crippen LogP contribution in [0.15, 0.2) is 24.4 Å². The van der Waals surface area contributed by atoms with Gasteiger partial charge < -0.3 is 14.4 Å². The minimum atomic E-state index is 0.476. The monoisotopic (exact) mass is 364 g/mol.